The van der Waals surface area contributed by atoms with Crippen LogP contribution < -0.4 is 10.6 Å². The summed E-state index contributed by atoms with van der Waals surface area (Å²) in [7, 11) is 1.71. The third-order valence-electron chi connectivity index (χ3n) is 4.11. The molecule has 0 aliphatic rings. The fraction of sp³-hybridized carbons (Fsp3) is 0.300. The lowest BCUT2D eigenvalue weighted by Gasteiger charge is -2.17. The molecule has 0 radical (unpaired) electrons. The number of likely N-dealkylation sites (N-methyl/N-ethyl adjacent to an activating group) is 1. The van der Waals surface area contributed by atoms with E-state index in [0.717, 1.165) is 22.4 Å². The maximum absolute atomic E-state index is 12.9. The van der Waals surface area contributed by atoms with E-state index in [0.29, 0.717) is 6.54 Å². The smallest absolute Gasteiger partial charge is 0.238 e. The topological polar surface area (TPSA) is 61.4 Å². The van der Waals surface area contributed by atoms with Crippen molar-refractivity contribution in [2.45, 2.75) is 20.4 Å². The van der Waals surface area contributed by atoms with E-state index in [1.165, 1.54) is 12.1 Å². The molecule has 26 heavy (non-hydrogen) atoms. The Hall–Kier alpha value is -2.73. The summed E-state index contributed by atoms with van der Waals surface area (Å²) in [6.07, 6.45) is 0. The van der Waals surface area contributed by atoms with Crippen molar-refractivity contribution in [2.75, 3.05) is 25.5 Å². The number of carbonyl (C=O) groups excluding carboxylic acids is 2. The van der Waals surface area contributed by atoms with Crippen LogP contribution in [0.25, 0.3) is 0 Å². The van der Waals surface area contributed by atoms with Crippen LogP contribution >= 0.6 is 0 Å². The van der Waals surface area contributed by atoms with E-state index in [1.807, 2.05) is 32.0 Å². The number of hydrogen-bond donors (Lipinski definition) is 2. The largest absolute Gasteiger partial charge is 0.351 e. The molecule has 2 rings (SSSR count). The van der Waals surface area contributed by atoms with Gasteiger partial charge in [-0.3, -0.25) is 14.5 Å². The van der Waals surface area contributed by atoms with Crippen molar-refractivity contribution in [3.8, 4) is 0 Å². The number of carbonyl (C=O) groups is 2. The van der Waals surface area contributed by atoms with Crippen LogP contribution in [0.3, 0.4) is 0 Å². The molecule has 0 saturated heterocycles. The van der Waals surface area contributed by atoms with Gasteiger partial charge in [-0.05, 0) is 55.8 Å². The first kappa shape index (κ1) is 19.6. The van der Waals surface area contributed by atoms with Crippen molar-refractivity contribution in [1.29, 1.82) is 0 Å². The molecule has 6 heteroatoms. The number of benzene rings is 2. The first-order valence-electron chi connectivity index (χ1n) is 8.41. The lowest BCUT2D eigenvalue weighted by atomic mass is 10.1. The molecule has 0 fully saturated rings. The Balaban J connectivity index is 1.77. The van der Waals surface area contributed by atoms with Gasteiger partial charge in [0.15, 0.2) is 0 Å². The molecule has 2 aromatic rings. The van der Waals surface area contributed by atoms with Crippen LogP contribution in [-0.4, -0.2) is 36.9 Å². The summed E-state index contributed by atoms with van der Waals surface area (Å²) in [6, 6.07) is 11.7. The van der Waals surface area contributed by atoms with Gasteiger partial charge in [0.05, 0.1) is 13.1 Å². The van der Waals surface area contributed by atoms with Crippen LogP contribution in [0.2, 0.25) is 0 Å². The number of rotatable bonds is 7. The molecule has 5 nitrogen and oxygen atoms in total. The predicted molar refractivity (Wildman–Crippen MR) is 100 cm³/mol. The van der Waals surface area contributed by atoms with E-state index in [1.54, 1.807) is 24.1 Å². The van der Waals surface area contributed by atoms with Gasteiger partial charge >= 0.3 is 0 Å². The van der Waals surface area contributed by atoms with Crippen molar-refractivity contribution in [2.24, 2.45) is 0 Å². The molecule has 0 aromatic heterocycles. The summed E-state index contributed by atoms with van der Waals surface area (Å²) in [6.45, 7) is 4.47. The monoisotopic (exact) mass is 357 g/mol. The Morgan fingerprint density at radius 3 is 2.35 bits per heavy atom. The number of nitrogens with zero attached hydrogens (tertiary/aromatic N) is 1. The number of halogens is 1. The third-order valence-corrected chi connectivity index (χ3v) is 4.11. The highest BCUT2D eigenvalue weighted by Crippen LogP contribution is 2.17. The number of aryl methyl sites for hydroxylation is 1. The van der Waals surface area contributed by atoms with E-state index >= 15 is 0 Å². The first-order valence-corrected chi connectivity index (χ1v) is 8.41. The fourth-order valence-corrected chi connectivity index (χ4v) is 2.48. The van der Waals surface area contributed by atoms with Crippen LogP contribution in [-0.2, 0) is 16.1 Å². The van der Waals surface area contributed by atoms with Gasteiger partial charge in [0.1, 0.15) is 5.82 Å². The Labute approximate surface area is 153 Å². The lowest BCUT2D eigenvalue weighted by Crippen LogP contribution is -2.38. The molecule has 0 unspecified atom stereocenters. The SMILES string of the molecule is Cc1cccc(NC(=O)CN(C)CC(=O)NCc2ccc(F)cc2)c1C. The maximum Gasteiger partial charge on any atom is 0.238 e. The first-order chi connectivity index (χ1) is 12.3. The Bertz CT molecular complexity index is 775. The van der Waals surface area contributed by atoms with Crippen molar-refractivity contribution in [1.82, 2.24) is 10.2 Å². The molecule has 0 saturated carbocycles. The Kier molecular flexibility index (Phi) is 6.86. The van der Waals surface area contributed by atoms with E-state index in [2.05, 4.69) is 10.6 Å². The highest BCUT2D eigenvalue weighted by molar-refractivity contribution is 5.93. The van der Waals surface area contributed by atoms with Gasteiger partial charge in [0.2, 0.25) is 11.8 Å². The second kappa shape index (κ2) is 9.10. The Morgan fingerprint density at radius 1 is 1.00 bits per heavy atom. The second-order valence-corrected chi connectivity index (χ2v) is 6.37. The molecule has 138 valence electrons. The fourth-order valence-electron chi connectivity index (χ4n) is 2.48. The molecule has 2 amide bonds. The van der Waals surface area contributed by atoms with Gasteiger partial charge in [0.25, 0.3) is 0 Å². The van der Waals surface area contributed by atoms with Crippen molar-refractivity contribution < 1.29 is 14.0 Å². The number of nitrogens with one attached hydrogen (secondary N) is 2. The van der Waals surface area contributed by atoms with Gasteiger partial charge in [-0.15, -0.1) is 0 Å². The molecule has 0 heterocycles. The van der Waals surface area contributed by atoms with Crippen molar-refractivity contribution >= 4 is 17.5 Å². The van der Waals surface area contributed by atoms with Gasteiger partial charge in [0, 0.05) is 12.2 Å². The number of amides is 2. The number of anilines is 1. The van der Waals surface area contributed by atoms with Crippen molar-refractivity contribution in [3.05, 3.63) is 65.0 Å². The normalized spacial score (nSPS) is 10.7. The molecule has 0 aliphatic heterocycles. The molecule has 0 bridgehead atoms. The summed E-state index contributed by atoms with van der Waals surface area (Å²) < 4.78 is 12.9. The molecule has 0 aliphatic carbocycles. The standard InChI is InChI=1S/C20H24FN3O2/c1-14-5-4-6-18(15(14)2)23-20(26)13-24(3)12-19(25)22-11-16-7-9-17(21)10-8-16/h4-10H,11-13H2,1-3H3,(H,22,25)(H,23,26). The molecular weight excluding hydrogens is 333 g/mol. The third kappa shape index (κ3) is 5.97. The highest BCUT2D eigenvalue weighted by Gasteiger charge is 2.12. The zero-order valence-electron chi connectivity index (χ0n) is 15.3. The van der Waals surface area contributed by atoms with E-state index in [9.17, 15) is 14.0 Å². The molecule has 2 aromatic carbocycles. The number of hydrogen-bond acceptors (Lipinski definition) is 3. The molecule has 0 atom stereocenters. The Morgan fingerprint density at radius 2 is 1.65 bits per heavy atom. The minimum Gasteiger partial charge on any atom is -0.351 e. The molecule has 0 spiro atoms. The van der Waals surface area contributed by atoms with Gasteiger partial charge in [-0.25, -0.2) is 4.39 Å². The van der Waals surface area contributed by atoms with Gasteiger partial charge in [-0.2, -0.15) is 0 Å². The van der Waals surface area contributed by atoms with Crippen LogP contribution in [0, 0.1) is 19.7 Å². The van der Waals surface area contributed by atoms with Crippen LogP contribution in [0.15, 0.2) is 42.5 Å². The zero-order chi connectivity index (χ0) is 19.1. The lowest BCUT2D eigenvalue weighted by molar-refractivity contribution is -0.123. The van der Waals surface area contributed by atoms with Crippen LogP contribution in [0.4, 0.5) is 10.1 Å². The van der Waals surface area contributed by atoms with Gasteiger partial charge in [-0.1, -0.05) is 24.3 Å². The van der Waals surface area contributed by atoms with Crippen LogP contribution in [0.5, 0.6) is 0 Å². The quantitative estimate of drug-likeness (QED) is 0.801. The van der Waals surface area contributed by atoms with E-state index < -0.39 is 0 Å². The minimum absolute atomic E-state index is 0.0986. The summed E-state index contributed by atoms with van der Waals surface area (Å²) in [5, 5.41) is 5.62. The summed E-state index contributed by atoms with van der Waals surface area (Å²) in [5.41, 5.74) is 3.73. The predicted octanol–water partition coefficient (Wildman–Crippen LogP) is 2.63. The van der Waals surface area contributed by atoms with Crippen molar-refractivity contribution in [3.63, 3.8) is 0 Å². The van der Waals surface area contributed by atoms with E-state index in [4.69, 9.17) is 0 Å². The average Bonchev–Trinajstić information content (AvgIpc) is 2.58. The van der Waals surface area contributed by atoms with E-state index in [-0.39, 0.29) is 30.7 Å². The zero-order valence-corrected chi connectivity index (χ0v) is 15.3. The van der Waals surface area contributed by atoms with Gasteiger partial charge < -0.3 is 10.6 Å². The summed E-state index contributed by atoms with van der Waals surface area (Å²) in [4.78, 5) is 25.8. The summed E-state index contributed by atoms with van der Waals surface area (Å²) in [5.74, 6) is -0.682. The average molecular weight is 357 g/mol. The molecule has 2 N–H and O–H groups in total. The minimum atomic E-state index is -0.310. The molecular formula is C20H24FN3O2. The summed E-state index contributed by atoms with van der Waals surface area (Å²) >= 11 is 0. The van der Waals surface area contributed by atoms with Crippen LogP contribution in [0.1, 0.15) is 16.7 Å². The highest BCUT2D eigenvalue weighted by atomic mass is 19.1. The second-order valence-electron chi connectivity index (χ2n) is 6.37. The maximum atomic E-state index is 12.9.